The van der Waals surface area contributed by atoms with Gasteiger partial charge in [-0.25, -0.2) is 12.8 Å². The summed E-state index contributed by atoms with van der Waals surface area (Å²) in [6, 6.07) is 4.72. The van der Waals surface area contributed by atoms with E-state index in [1.807, 2.05) is 13.8 Å². The lowest BCUT2D eigenvalue weighted by molar-refractivity contribution is -0.127. The van der Waals surface area contributed by atoms with Crippen molar-refractivity contribution in [2.75, 3.05) is 19.6 Å². The van der Waals surface area contributed by atoms with Crippen LogP contribution in [-0.4, -0.2) is 43.8 Å². The smallest absolute Gasteiger partial charge is 0.243 e. The Morgan fingerprint density at radius 3 is 2.52 bits per heavy atom. The number of sulfonamides is 1. The maximum atomic E-state index is 13.0. The molecule has 25 heavy (non-hydrogen) atoms. The molecule has 1 saturated heterocycles. The van der Waals surface area contributed by atoms with Crippen molar-refractivity contribution in [3.63, 3.8) is 0 Å². The van der Waals surface area contributed by atoms with E-state index in [9.17, 15) is 17.6 Å². The van der Waals surface area contributed by atoms with Gasteiger partial charge in [0, 0.05) is 25.2 Å². The summed E-state index contributed by atoms with van der Waals surface area (Å²) in [5.41, 5.74) is 5.08. The Kier molecular flexibility index (Phi) is 7.37. The van der Waals surface area contributed by atoms with Gasteiger partial charge in [0.15, 0.2) is 0 Å². The predicted octanol–water partition coefficient (Wildman–Crippen LogP) is 1.50. The second kappa shape index (κ2) is 8.44. The van der Waals surface area contributed by atoms with Crippen LogP contribution < -0.4 is 11.1 Å². The van der Waals surface area contributed by atoms with Gasteiger partial charge in [-0.2, -0.15) is 4.31 Å². The summed E-state index contributed by atoms with van der Waals surface area (Å²) in [6.07, 6.45) is 1.23. The summed E-state index contributed by atoms with van der Waals surface area (Å²) < 4.78 is 39.6. The second-order valence-electron chi connectivity index (χ2n) is 6.73. The molecule has 0 radical (unpaired) electrons. The Morgan fingerprint density at radius 2 is 1.96 bits per heavy atom. The largest absolute Gasteiger partial charge is 0.350 e. The fourth-order valence-corrected chi connectivity index (χ4v) is 4.14. The van der Waals surface area contributed by atoms with Crippen LogP contribution in [-0.2, 0) is 14.8 Å². The first-order valence-corrected chi connectivity index (χ1v) is 9.37. The molecule has 0 aromatic heterocycles. The third-order valence-electron chi connectivity index (χ3n) is 4.18. The number of hydrogen-bond donors (Lipinski definition) is 2. The van der Waals surface area contributed by atoms with Crippen LogP contribution in [0.15, 0.2) is 29.2 Å². The summed E-state index contributed by atoms with van der Waals surface area (Å²) in [5.74, 6) is -1.10. The molecule has 142 valence electrons. The summed E-state index contributed by atoms with van der Waals surface area (Å²) in [5, 5.41) is 2.86. The van der Waals surface area contributed by atoms with Crippen molar-refractivity contribution in [2.45, 2.75) is 37.1 Å². The number of nitrogens with one attached hydrogen (secondary N) is 1. The van der Waals surface area contributed by atoms with Crippen LogP contribution in [0.2, 0.25) is 0 Å². The van der Waals surface area contributed by atoms with E-state index >= 15 is 0 Å². The van der Waals surface area contributed by atoms with E-state index in [0.29, 0.717) is 25.9 Å². The molecular formula is C16H25ClFN3O3S. The van der Waals surface area contributed by atoms with Crippen molar-refractivity contribution in [3.05, 3.63) is 30.1 Å². The molecule has 1 amide bonds. The summed E-state index contributed by atoms with van der Waals surface area (Å²) in [4.78, 5) is 12.4. The maximum Gasteiger partial charge on any atom is 0.243 e. The first-order chi connectivity index (χ1) is 11.2. The number of nitrogens with two attached hydrogens (primary N) is 1. The molecule has 0 aliphatic carbocycles. The van der Waals surface area contributed by atoms with Gasteiger partial charge in [0.05, 0.1) is 10.8 Å². The summed E-state index contributed by atoms with van der Waals surface area (Å²) in [6.45, 7) is 4.40. The van der Waals surface area contributed by atoms with Gasteiger partial charge in [-0.15, -0.1) is 12.4 Å². The van der Waals surface area contributed by atoms with Gasteiger partial charge >= 0.3 is 0 Å². The predicted molar refractivity (Wildman–Crippen MR) is 96.4 cm³/mol. The molecule has 0 spiro atoms. The van der Waals surface area contributed by atoms with Gasteiger partial charge in [0.2, 0.25) is 15.9 Å². The Balaban J connectivity index is 0.00000312. The van der Waals surface area contributed by atoms with Gasteiger partial charge in [-0.1, -0.05) is 0 Å². The zero-order valence-corrected chi connectivity index (χ0v) is 16.0. The van der Waals surface area contributed by atoms with Gasteiger partial charge in [0.25, 0.3) is 0 Å². The van der Waals surface area contributed by atoms with Crippen LogP contribution in [0.5, 0.6) is 0 Å². The van der Waals surface area contributed by atoms with Gasteiger partial charge < -0.3 is 11.1 Å². The zero-order valence-electron chi connectivity index (χ0n) is 14.4. The van der Waals surface area contributed by atoms with Gasteiger partial charge in [-0.3, -0.25) is 4.79 Å². The lowest BCUT2D eigenvalue weighted by Gasteiger charge is -2.33. The van der Waals surface area contributed by atoms with Gasteiger partial charge in [-0.05, 0) is 51.0 Å². The van der Waals surface area contributed by atoms with Crippen LogP contribution in [0.3, 0.4) is 0 Å². The molecule has 1 aliphatic heterocycles. The third kappa shape index (κ3) is 5.37. The molecule has 1 aromatic carbocycles. The maximum absolute atomic E-state index is 13.0. The fraction of sp³-hybridized carbons (Fsp3) is 0.562. The second-order valence-corrected chi connectivity index (χ2v) is 8.67. The van der Waals surface area contributed by atoms with Crippen molar-refractivity contribution in [1.82, 2.24) is 9.62 Å². The normalized spacial score (nSPS) is 19.1. The van der Waals surface area contributed by atoms with E-state index in [2.05, 4.69) is 5.32 Å². The molecule has 1 unspecified atom stereocenters. The number of carbonyl (C=O) groups is 1. The van der Waals surface area contributed by atoms with Crippen LogP contribution in [0.4, 0.5) is 4.39 Å². The van der Waals surface area contributed by atoms with Gasteiger partial charge in [0.1, 0.15) is 5.82 Å². The molecule has 9 heteroatoms. The Morgan fingerprint density at radius 1 is 1.36 bits per heavy atom. The minimum absolute atomic E-state index is 0. The van der Waals surface area contributed by atoms with Crippen LogP contribution in [0, 0.1) is 11.7 Å². The molecule has 1 heterocycles. The highest BCUT2D eigenvalue weighted by molar-refractivity contribution is 7.89. The SMILES string of the molecule is CC(C)(CN)NC(=O)C1CCCN(S(=O)(=O)c2ccc(F)cc2)C1.Cl. The lowest BCUT2D eigenvalue weighted by atomic mass is 9.96. The minimum Gasteiger partial charge on any atom is -0.350 e. The van der Waals surface area contributed by atoms with Crippen molar-refractivity contribution < 1.29 is 17.6 Å². The van der Waals surface area contributed by atoms with Crippen molar-refractivity contribution in [2.24, 2.45) is 11.7 Å². The fourth-order valence-electron chi connectivity index (χ4n) is 2.62. The first-order valence-electron chi connectivity index (χ1n) is 7.93. The molecule has 1 aromatic rings. The van der Waals surface area contributed by atoms with Crippen molar-refractivity contribution >= 4 is 28.3 Å². The Bertz CT molecular complexity index is 695. The van der Waals surface area contributed by atoms with E-state index in [1.165, 1.54) is 16.4 Å². The molecule has 0 bridgehead atoms. The van der Waals surface area contributed by atoms with Crippen molar-refractivity contribution in [1.29, 1.82) is 0 Å². The lowest BCUT2D eigenvalue weighted by Crippen LogP contribution is -2.53. The standard InChI is InChI=1S/C16H24FN3O3S.ClH/c1-16(2,11-18)19-15(21)12-4-3-9-20(10-12)24(22,23)14-7-5-13(17)6-8-14;/h5-8,12H,3-4,9-11,18H2,1-2H3,(H,19,21);1H. The van der Waals surface area contributed by atoms with Crippen molar-refractivity contribution in [3.8, 4) is 0 Å². The molecule has 2 rings (SSSR count). The number of rotatable bonds is 5. The van der Waals surface area contributed by atoms with E-state index in [1.54, 1.807) is 0 Å². The van der Waals surface area contributed by atoms with E-state index < -0.39 is 27.3 Å². The number of halogens is 2. The third-order valence-corrected chi connectivity index (χ3v) is 6.06. The summed E-state index contributed by atoms with van der Waals surface area (Å²) in [7, 11) is -3.73. The highest BCUT2D eigenvalue weighted by Crippen LogP contribution is 2.24. The topological polar surface area (TPSA) is 92.5 Å². The molecule has 1 aliphatic rings. The molecule has 3 N–H and O–H groups in total. The summed E-state index contributed by atoms with van der Waals surface area (Å²) >= 11 is 0. The number of benzene rings is 1. The first kappa shape index (κ1) is 21.8. The monoisotopic (exact) mass is 393 g/mol. The Hall–Kier alpha value is -1.22. The average molecular weight is 394 g/mol. The highest BCUT2D eigenvalue weighted by Gasteiger charge is 2.34. The number of nitrogens with zero attached hydrogens (tertiary/aromatic N) is 1. The van der Waals surface area contributed by atoms with E-state index in [-0.39, 0.29) is 29.8 Å². The number of amides is 1. The van der Waals surface area contributed by atoms with E-state index in [4.69, 9.17) is 5.73 Å². The number of carbonyl (C=O) groups excluding carboxylic acids is 1. The van der Waals surface area contributed by atoms with E-state index in [0.717, 1.165) is 12.1 Å². The van der Waals surface area contributed by atoms with Crippen LogP contribution in [0.25, 0.3) is 0 Å². The minimum atomic E-state index is -3.73. The van der Waals surface area contributed by atoms with Crippen LogP contribution >= 0.6 is 12.4 Å². The molecule has 0 saturated carbocycles. The highest BCUT2D eigenvalue weighted by atomic mass is 35.5. The Labute approximate surface area is 154 Å². The number of piperidine rings is 1. The molecule has 6 nitrogen and oxygen atoms in total. The average Bonchev–Trinajstić information content (AvgIpc) is 2.55. The molecule has 1 fully saturated rings. The quantitative estimate of drug-likeness (QED) is 0.792. The molecule has 1 atom stereocenters. The number of hydrogen-bond acceptors (Lipinski definition) is 4. The van der Waals surface area contributed by atoms with Crippen LogP contribution in [0.1, 0.15) is 26.7 Å². The molecular weight excluding hydrogens is 369 g/mol. The zero-order chi connectivity index (χ0) is 18.0.